The zero-order valence-electron chi connectivity index (χ0n) is 15.1. The Bertz CT molecular complexity index is 869. The minimum atomic E-state index is 0. The van der Waals surface area contributed by atoms with Crippen molar-refractivity contribution in [2.75, 3.05) is 54.4 Å². The Morgan fingerprint density at radius 3 is 2.26 bits per heavy atom. The summed E-state index contributed by atoms with van der Waals surface area (Å²) in [6, 6.07) is 18.5. The average Bonchev–Trinajstić information content (AvgIpc) is 2.72. The molecule has 0 aliphatic carbocycles. The number of benzene rings is 2. The van der Waals surface area contributed by atoms with Gasteiger partial charge in [-0.2, -0.15) is 4.98 Å². The molecule has 1 aromatic heterocycles. The van der Waals surface area contributed by atoms with Gasteiger partial charge in [0.25, 0.3) is 0 Å². The predicted molar refractivity (Wildman–Crippen MR) is 106 cm³/mol. The molecule has 1 aliphatic heterocycles. The molecule has 27 heavy (non-hydrogen) atoms. The highest BCUT2D eigenvalue weighted by Gasteiger charge is 2.20. The van der Waals surface area contributed by atoms with Crippen molar-refractivity contribution < 1.29 is 17.5 Å². The van der Waals surface area contributed by atoms with Crippen LogP contribution in [0.5, 0.6) is 0 Å². The molecule has 0 amide bonds. The summed E-state index contributed by atoms with van der Waals surface area (Å²) < 4.78 is 0. The van der Waals surface area contributed by atoms with E-state index in [-0.39, 0.29) is 19.0 Å². The maximum atomic E-state index is 9.13. The zero-order chi connectivity index (χ0) is 17.8. The quantitative estimate of drug-likeness (QED) is 0.610. The number of rotatable bonds is 5. The Labute approximate surface area is 165 Å². The summed E-state index contributed by atoms with van der Waals surface area (Å²) in [5.41, 5.74) is 2.18. The van der Waals surface area contributed by atoms with E-state index in [1.165, 1.54) is 5.69 Å². The van der Waals surface area contributed by atoms with Gasteiger partial charge in [-0.05, 0) is 24.3 Å². The van der Waals surface area contributed by atoms with Gasteiger partial charge in [0.1, 0.15) is 5.82 Å². The third-order valence-corrected chi connectivity index (χ3v) is 4.68. The van der Waals surface area contributed by atoms with E-state index in [0.717, 1.165) is 48.8 Å². The molecule has 6 nitrogen and oxygen atoms in total. The number of halogens is 1. The molecule has 1 fully saturated rings. The SMILES string of the molecule is OCCNc1nc(N2CCN(c3ccccc3)CC2)nc2ccccc12.[Cl-]. The van der Waals surface area contributed by atoms with Gasteiger partial charge in [0, 0.05) is 43.8 Å². The highest BCUT2D eigenvalue weighted by molar-refractivity contribution is 5.90. The molecular formula is C20H23ClN5O-. The lowest BCUT2D eigenvalue weighted by Gasteiger charge is -2.36. The van der Waals surface area contributed by atoms with Gasteiger partial charge in [0.15, 0.2) is 0 Å². The van der Waals surface area contributed by atoms with Crippen LogP contribution in [0.1, 0.15) is 0 Å². The Morgan fingerprint density at radius 1 is 0.852 bits per heavy atom. The number of piperazine rings is 1. The second-order valence-electron chi connectivity index (χ2n) is 6.35. The summed E-state index contributed by atoms with van der Waals surface area (Å²) >= 11 is 0. The second kappa shape index (κ2) is 8.88. The fourth-order valence-electron chi connectivity index (χ4n) is 3.32. The summed E-state index contributed by atoms with van der Waals surface area (Å²) in [4.78, 5) is 14.1. The van der Waals surface area contributed by atoms with Crippen LogP contribution in [-0.2, 0) is 0 Å². The molecule has 0 unspecified atom stereocenters. The molecule has 1 aliphatic rings. The van der Waals surface area contributed by atoms with Crippen molar-refractivity contribution in [1.29, 1.82) is 0 Å². The smallest absolute Gasteiger partial charge is 0.228 e. The van der Waals surface area contributed by atoms with Crippen LogP contribution in [0.15, 0.2) is 54.6 Å². The van der Waals surface area contributed by atoms with Crippen molar-refractivity contribution >= 4 is 28.4 Å². The Morgan fingerprint density at radius 2 is 1.52 bits per heavy atom. The topological polar surface area (TPSA) is 64.5 Å². The number of para-hydroxylation sites is 2. The molecule has 4 rings (SSSR count). The molecule has 2 N–H and O–H groups in total. The van der Waals surface area contributed by atoms with Gasteiger partial charge >= 0.3 is 0 Å². The number of anilines is 3. The maximum Gasteiger partial charge on any atom is 0.228 e. The van der Waals surface area contributed by atoms with Gasteiger partial charge in [-0.25, -0.2) is 4.98 Å². The zero-order valence-corrected chi connectivity index (χ0v) is 15.8. The molecule has 7 heteroatoms. The van der Waals surface area contributed by atoms with E-state index < -0.39 is 0 Å². The van der Waals surface area contributed by atoms with Gasteiger partial charge in [0.2, 0.25) is 5.95 Å². The molecule has 1 saturated heterocycles. The fourth-order valence-corrected chi connectivity index (χ4v) is 3.32. The van der Waals surface area contributed by atoms with Crippen molar-refractivity contribution in [3.63, 3.8) is 0 Å². The number of hydrogen-bond acceptors (Lipinski definition) is 6. The number of nitrogens with zero attached hydrogens (tertiary/aromatic N) is 4. The van der Waals surface area contributed by atoms with E-state index in [4.69, 9.17) is 15.1 Å². The molecule has 3 aromatic rings. The lowest BCUT2D eigenvalue weighted by Crippen LogP contribution is -3.00. The normalized spacial score (nSPS) is 14.1. The minimum absolute atomic E-state index is 0. The highest BCUT2D eigenvalue weighted by atomic mass is 35.5. The van der Waals surface area contributed by atoms with E-state index in [1.807, 2.05) is 30.3 Å². The maximum absolute atomic E-state index is 9.13. The summed E-state index contributed by atoms with van der Waals surface area (Å²) in [5, 5.41) is 13.3. The number of aliphatic hydroxyl groups is 1. The van der Waals surface area contributed by atoms with Crippen LogP contribution in [0.4, 0.5) is 17.5 Å². The number of nitrogens with one attached hydrogen (secondary N) is 1. The number of hydrogen-bond donors (Lipinski definition) is 2. The van der Waals surface area contributed by atoms with Crippen molar-refractivity contribution in [3.8, 4) is 0 Å². The summed E-state index contributed by atoms with van der Waals surface area (Å²) in [6.07, 6.45) is 0. The average molecular weight is 385 g/mol. The van der Waals surface area contributed by atoms with Crippen LogP contribution in [-0.4, -0.2) is 54.4 Å². The number of aromatic nitrogens is 2. The van der Waals surface area contributed by atoms with E-state index in [0.29, 0.717) is 6.54 Å². The molecular weight excluding hydrogens is 362 g/mol. The molecule has 2 aromatic carbocycles. The first-order valence-corrected chi connectivity index (χ1v) is 9.01. The van der Waals surface area contributed by atoms with Crippen LogP contribution in [0, 0.1) is 0 Å². The molecule has 0 radical (unpaired) electrons. The number of fused-ring (bicyclic) bond motifs is 1. The first kappa shape index (κ1) is 19.2. The van der Waals surface area contributed by atoms with Crippen LogP contribution in [0.25, 0.3) is 10.9 Å². The molecule has 0 bridgehead atoms. The Balaban J connectivity index is 0.00000210. The van der Waals surface area contributed by atoms with Crippen LogP contribution in [0.3, 0.4) is 0 Å². The first-order valence-electron chi connectivity index (χ1n) is 9.01. The van der Waals surface area contributed by atoms with Gasteiger partial charge in [-0.3, -0.25) is 0 Å². The lowest BCUT2D eigenvalue weighted by atomic mass is 10.2. The van der Waals surface area contributed by atoms with Crippen LogP contribution < -0.4 is 27.5 Å². The van der Waals surface area contributed by atoms with Crippen molar-refractivity contribution in [1.82, 2.24) is 9.97 Å². The Kier molecular flexibility index (Phi) is 6.32. The first-order chi connectivity index (χ1) is 12.8. The van der Waals surface area contributed by atoms with E-state index in [1.54, 1.807) is 0 Å². The third kappa shape index (κ3) is 4.23. The molecule has 0 saturated carbocycles. The van der Waals surface area contributed by atoms with Crippen LogP contribution >= 0.6 is 0 Å². The summed E-state index contributed by atoms with van der Waals surface area (Å²) in [5.74, 6) is 1.53. The third-order valence-electron chi connectivity index (χ3n) is 4.68. The number of aliphatic hydroxyl groups excluding tert-OH is 1. The molecule has 0 spiro atoms. The molecule has 2 heterocycles. The highest BCUT2D eigenvalue weighted by Crippen LogP contribution is 2.24. The second-order valence-corrected chi connectivity index (χ2v) is 6.35. The summed E-state index contributed by atoms with van der Waals surface area (Å²) in [6.45, 7) is 4.20. The Hall–Kier alpha value is -2.57. The van der Waals surface area contributed by atoms with E-state index in [9.17, 15) is 0 Å². The van der Waals surface area contributed by atoms with Gasteiger partial charge < -0.3 is 32.6 Å². The minimum Gasteiger partial charge on any atom is -1.00 e. The van der Waals surface area contributed by atoms with E-state index >= 15 is 0 Å². The van der Waals surface area contributed by atoms with Gasteiger partial charge in [-0.15, -0.1) is 0 Å². The van der Waals surface area contributed by atoms with E-state index in [2.05, 4.69) is 39.4 Å². The van der Waals surface area contributed by atoms with Crippen molar-refractivity contribution in [2.24, 2.45) is 0 Å². The van der Waals surface area contributed by atoms with Crippen LogP contribution in [0.2, 0.25) is 0 Å². The standard InChI is InChI=1S/C20H23N5O.ClH/c26-15-10-21-19-17-8-4-5-9-18(17)22-20(23-19)25-13-11-24(12-14-25)16-6-2-1-3-7-16;/h1-9,26H,10-15H2,(H,21,22,23);1H/p-1. The predicted octanol–water partition coefficient (Wildman–Crippen LogP) is -0.635. The van der Waals surface area contributed by atoms with Crippen molar-refractivity contribution in [2.45, 2.75) is 0 Å². The lowest BCUT2D eigenvalue weighted by molar-refractivity contribution is -0.00000630. The van der Waals surface area contributed by atoms with Gasteiger partial charge in [-0.1, -0.05) is 30.3 Å². The largest absolute Gasteiger partial charge is 1.00 e. The van der Waals surface area contributed by atoms with Crippen molar-refractivity contribution in [3.05, 3.63) is 54.6 Å². The molecule has 142 valence electrons. The summed E-state index contributed by atoms with van der Waals surface area (Å²) in [7, 11) is 0. The monoisotopic (exact) mass is 384 g/mol. The van der Waals surface area contributed by atoms with Gasteiger partial charge in [0.05, 0.1) is 12.1 Å². The fraction of sp³-hybridized carbons (Fsp3) is 0.300. The molecule has 0 atom stereocenters.